The molecule has 0 aromatic carbocycles. The number of primary amides is 1. The quantitative estimate of drug-likeness (QED) is 0.743. The predicted octanol–water partition coefficient (Wildman–Crippen LogP) is 1.19. The molecule has 0 heterocycles. The van der Waals surface area contributed by atoms with Crippen LogP contribution in [0.3, 0.4) is 0 Å². The average molecular weight is 228 g/mol. The molecule has 4 heteroatoms. The molecule has 16 heavy (non-hydrogen) atoms. The van der Waals surface area contributed by atoms with Crippen LogP contribution < -0.4 is 11.1 Å². The van der Waals surface area contributed by atoms with Crippen molar-refractivity contribution in [2.24, 2.45) is 5.73 Å². The minimum absolute atomic E-state index is 0.164. The van der Waals surface area contributed by atoms with E-state index in [1.807, 2.05) is 20.8 Å². The zero-order chi connectivity index (χ0) is 12.2. The van der Waals surface area contributed by atoms with Crippen LogP contribution in [0.2, 0.25) is 0 Å². The molecule has 1 fully saturated rings. The maximum atomic E-state index is 11.7. The number of carbonyl (C=O) groups excluding carboxylic acids is 1. The summed E-state index contributed by atoms with van der Waals surface area (Å²) in [7, 11) is 0. The lowest BCUT2D eigenvalue weighted by Crippen LogP contribution is -2.60. The van der Waals surface area contributed by atoms with Crippen molar-refractivity contribution in [1.29, 1.82) is 0 Å². The number of carbonyl (C=O) groups is 1. The third-order valence-corrected chi connectivity index (χ3v) is 3.14. The van der Waals surface area contributed by atoms with Crippen molar-refractivity contribution in [2.75, 3.05) is 6.61 Å². The first-order valence-electron chi connectivity index (χ1n) is 6.19. The zero-order valence-corrected chi connectivity index (χ0v) is 10.6. The van der Waals surface area contributed by atoms with Gasteiger partial charge in [-0.3, -0.25) is 4.79 Å². The number of nitrogens with two attached hydrogens (primary N) is 1. The molecule has 0 radical (unpaired) electrons. The molecule has 1 rings (SSSR count). The average Bonchev–Trinajstić information content (AvgIpc) is 2.17. The SMILES string of the molecule is CCOC1CCCC(NC(C)C)(C(N)=O)C1. The molecule has 1 aliphatic carbocycles. The Balaban J connectivity index is 2.72. The monoisotopic (exact) mass is 228 g/mol. The van der Waals surface area contributed by atoms with E-state index in [0.29, 0.717) is 13.0 Å². The highest BCUT2D eigenvalue weighted by molar-refractivity contribution is 5.84. The van der Waals surface area contributed by atoms with Crippen LogP contribution in [0.4, 0.5) is 0 Å². The molecule has 0 bridgehead atoms. The maximum Gasteiger partial charge on any atom is 0.237 e. The number of hydrogen-bond donors (Lipinski definition) is 2. The molecule has 0 saturated heterocycles. The van der Waals surface area contributed by atoms with Crippen molar-refractivity contribution in [3.05, 3.63) is 0 Å². The van der Waals surface area contributed by atoms with Gasteiger partial charge < -0.3 is 15.8 Å². The molecule has 0 aromatic heterocycles. The minimum Gasteiger partial charge on any atom is -0.378 e. The van der Waals surface area contributed by atoms with Crippen LogP contribution in [-0.2, 0) is 9.53 Å². The smallest absolute Gasteiger partial charge is 0.237 e. The topological polar surface area (TPSA) is 64.3 Å². The summed E-state index contributed by atoms with van der Waals surface area (Å²) >= 11 is 0. The van der Waals surface area contributed by atoms with Crippen LogP contribution in [0.15, 0.2) is 0 Å². The van der Waals surface area contributed by atoms with Crippen LogP contribution in [0.5, 0.6) is 0 Å². The second kappa shape index (κ2) is 5.64. The number of nitrogens with one attached hydrogen (secondary N) is 1. The van der Waals surface area contributed by atoms with E-state index in [0.717, 1.165) is 19.3 Å². The van der Waals surface area contributed by atoms with Gasteiger partial charge in [-0.15, -0.1) is 0 Å². The van der Waals surface area contributed by atoms with E-state index in [4.69, 9.17) is 10.5 Å². The van der Waals surface area contributed by atoms with Crippen molar-refractivity contribution in [1.82, 2.24) is 5.32 Å². The molecular weight excluding hydrogens is 204 g/mol. The molecule has 0 aromatic rings. The summed E-state index contributed by atoms with van der Waals surface area (Å²) in [5, 5.41) is 3.33. The summed E-state index contributed by atoms with van der Waals surface area (Å²) in [6.45, 7) is 6.75. The Hall–Kier alpha value is -0.610. The van der Waals surface area contributed by atoms with Gasteiger partial charge in [-0.25, -0.2) is 0 Å². The lowest BCUT2D eigenvalue weighted by molar-refractivity contribution is -0.128. The van der Waals surface area contributed by atoms with E-state index in [2.05, 4.69) is 5.32 Å². The lowest BCUT2D eigenvalue weighted by atomic mass is 9.79. The van der Waals surface area contributed by atoms with E-state index in [-0.39, 0.29) is 18.1 Å². The highest BCUT2D eigenvalue weighted by Gasteiger charge is 2.41. The van der Waals surface area contributed by atoms with Crippen molar-refractivity contribution in [3.8, 4) is 0 Å². The van der Waals surface area contributed by atoms with E-state index in [1.165, 1.54) is 0 Å². The highest BCUT2D eigenvalue weighted by Crippen LogP contribution is 2.30. The summed E-state index contributed by atoms with van der Waals surface area (Å²) in [5.74, 6) is -0.245. The largest absolute Gasteiger partial charge is 0.378 e. The summed E-state index contributed by atoms with van der Waals surface area (Å²) in [6, 6.07) is 0.257. The Morgan fingerprint density at radius 1 is 1.62 bits per heavy atom. The van der Waals surface area contributed by atoms with Crippen LogP contribution in [0, 0.1) is 0 Å². The molecule has 2 unspecified atom stereocenters. The van der Waals surface area contributed by atoms with Gasteiger partial charge >= 0.3 is 0 Å². The van der Waals surface area contributed by atoms with Crippen molar-refractivity contribution in [2.45, 2.75) is 64.1 Å². The number of ether oxygens (including phenoxy) is 1. The second-order valence-corrected chi connectivity index (χ2v) is 4.92. The van der Waals surface area contributed by atoms with Gasteiger partial charge in [-0.05, 0) is 40.0 Å². The van der Waals surface area contributed by atoms with Gasteiger partial charge in [0.15, 0.2) is 0 Å². The molecule has 0 aliphatic heterocycles. The number of rotatable bonds is 5. The van der Waals surface area contributed by atoms with Crippen LogP contribution in [0.1, 0.15) is 46.5 Å². The fraction of sp³-hybridized carbons (Fsp3) is 0.917. The van der Waals surface area contributed by atoms with Gasteiger partial charge in [-0.2, -0.15) is 0 Å². The van der Waals surface area contributed by atoms with Gasteiger partial charge in [0.05, 0.1) is 6.10 Å². The summed E-state index contributed by atoms with van der Waals surface area (Å²) in [5.41, 5.74) is 4.99. The third-order valence-electron chi connectivity index (χ3n) is 3.14. The second-order valence-electron chi connectivity index (χ2n) is 4.92. The Morgan fingerprint density at radius 2 is 2.31 bits per heavy atom. The number of amides is 1. The van der Waals surface area contributed by atoms with Crippen LogP contribution in [0.25, 0.3) is 0 Å². The molecule has 2 atom stereocenters. The summed E-state index contributed by atoms with van der Waals surface area (Å²) in [6.07, 6.45) is 3.71. The first-order chi connectivity index (χ1) is 7.50. The maximum absolute atomic E-state index is 11.7. The van der Waals surface area contributed by atoms with Crippen molar-refractivity contribution >= 4 is 5.91 Å². The van der Waals surface area contributed by atoms with E-state index in [1.54, 1.807) is 0 Å². The zero-order valence-electron chi connectivity index (χ0n) is 10.6. The summed E-state index contributed by atoms with van der Waals surface area (Å²) in [4.78, 5) is 11.7. The predicted molar refractivity (Wildman–Crippen MR) is 64.1 cm³/mol. The normalized spacial score (nSPS) is 30.6. The van der Waals surface area contributed by atoms with Gasteiger partial charge in [0.2, 0.25) is 5.91 Å². The first kappa shape index (κ1) is 13.5. The molecule has 1 amide bonds. The Bertz CT molecular complexity index is 241. The van der Waals surface area contributed by atoms with Gasteiger partial charge in [-0.1, -0.05) is 0 Å². The molecular formula is C12H24N2O2. The molecule has 0 spiro atoms. The van der Waals surface area contributed by atoms with E-state index in [9.17, 15) is 4.79 Å². The minimum atomic E-state index is -0.563. The van der Waals surface area contributed by atoms with Gasteiger partial charge in [0.25, 0.3) is 0 Å². The molecule has 4 nitrogen and oxygen atoms in total. The van der Waals surface area contributed by atoms with E-state index >= 15 is 0 Å². The highest BCUT2D eigenvalue weighted by atomic mass is 16.5. The fourth-order valence-corrected chi connectivity index (χ4v) is 2.58. The van der Waals surface area contributed by atoms with Crippen molar-refractivity contribution in [3.63, 3.8) is 0 Å². The van der Waals surface area contributed by atoms with E-state index < -0.39 is 5.54 Å². The number of hydrogen-bond acceptors (Lipinski definition) is 3. The lowest BCUT2D eigenvalue weighted by Gasteiger charge is -2.40. The molecule has 1 aliphatic rings. The van der Waals surface area contributed by atoms with Gasteiger partial charge in [0.1, 0.15) is 5.54 Å². The molecule has 1 saturated carbocycles. The summed E-state index contributed by atoms with van der Waals surface area (Å²) < 4.78 is 5.62. The van der Waals surface area contributed by atoms with Crippen LogP contribution in [-0.4, -0.2) is 30.2 Å². The Morgan fingerprint density at radius 3 is 2.81 bits per heavy atom. The molecule has 94 valence electrons. The fourth-order valence-electron chi connectivity index (χ4n) is 2.58. The first-order valence-corrected chi connectivity index (χ1v) is 6.19. The van der Waals surface area contributed by atoms with Gasteiger partial charge in [0, 0.05) is 19.1 Å². The third kappa shape index (κ3) is 3.19. The Kier molecular flexibility index (Phi) is 4.74. The molecule has 3 N–H and O–H groups in total. The van der Waals surface area contributed by atoms with Crippen molar-refractivity contribution < 1.29 is 9.53 Å². The standard InChI is InChI=1S/C12H24N2O2/c1-4-16-10-6-5-7-12(8-10,11(13)15)14-9(2)3/h9-10,14H,4-8H2,1-3H3,(H2,13,15). The Labute approximate surface area is 97.9 Å². The van der Waals surface area contributed by atoms with Crippen LogP contribution >= 0.6 is 0 Å².